The molecule has 0 saturated heterocycles. The van der Waals surface area contributed by atoms with Gasteiger partial charge in [0.1, 0.15) is 0 Å². The zero-order valence-corrected chi connectivity index (χ0v) is 20.6. The Labute approximate surface area is 202 Å². The average molecular weight is 465 g/mol. The van der Waals surface area contributed by atoms with Crippen molar-refractivity contribution >= 4 is 23.2 Å². The number of hydrogen-bond donors (Lipinski definition) is 0. The fraction of sp³-hybridized carbons (Fsp3) is 0.571. The van der Waals surface area contributed by atoms with Gasteiger partial charge in [0.2, 0.25) is 11.8 Å². The largest absolute Gasteiger partial charge is 0.333 e. The Kier molecular flexibility index (Phi) is 6.86. The molecule has 3 aliphatic rings. The second-order valence-corrected chi connectivity index (χ2v) is 11.3. The highest BCUT2D eigenvalue weighted by Gasteiger charge is 2.35. The minimum atomic E-state index is -0.0509. The van der Waals surface area contributed by atoms with Gasteiger partial charge >= 0.3 is 0 Å². The van der Waals surface area contributed by atoms with Gasteiger partial charge < -0.3 is 9.80 Å². The highest BCUT2D eigenvalue weighted by molar-refractivity contribution is 7.10. The molecule has 1 atom stereocenters. The Morgan fingerprint density at radius 1 is 1.03 bits per heavy atom. The number of benzene rings is 1. The molecule has 2 saturated carbocycles. The molecule has 0 bridgehead atoms. The van der Waals surface area contributed by atoms with Crippen LogP contribution in [-0.2, 0) is 16.0 Å². The van der Waals surface area contributed by atoms with Crippen LogP contribution in [0.4, 0.5) is 0 Å². The Morgan fingerprint density at radius 3 is 2.58 bits per heavy atom. The third-order valence-electron chi connectivity index (χ3n) is 7.86. The lowest BCUT2D eigenvalue weighted by molar-refractivity contribution is -0.142. The minimum absolute atomic E-state index is 0.0509. The molecule has 2 aliphatic carbocycles. The van der Waals surface area contributed by atoms with Crippen molar-refractivity contribution in [1.29, 1.82) is 0 Å². The predicted molar refractivity (Wildman–Crippen MR) is 133 cm³/mol. The lowest BCUT2D eigenvalue weighted by Crippen LogP contribution is -2.47. The zero-order valence-electron chi connectivity index (χ0n) is 19.8. The van der Waals surface area contributed by atoms with Crippen molar-refractivity contribution in [2.75, 3.05) is 19.6 Å². The lowest BCUT2D eigenvalue weighted by Gasteiger charge is -2.38. The third-order valence-corrected chi connectivity index (χ3v) is 8.86. The standard InChI is InChI=1S/C28H36N2O2S/c1-20-6-2-5-9-23(20)28-24-15-17-33-25(24)14-16-30(28)27(32)19-29(18-22-10-11-22)26(31)13-12-21-7-3-4-8-21/h2,5-6,9,15,17,21-22,28H,3-4,7-8,10-14,16,18-19H2,1H3. The summed E-state index contributed by atoms with van der Waals surface area (Å²) in [6, 6.07) is 10.5. The highest BCUT2D eigenvalue weighted by atomic mass is 32.1. The van der Waals surface area contributed by atoms with Crippen molar-refractivity contribution in [3.8, 4) is 0 Å². The maximum atomic E-state index is 13.7. The number of hydrogen-bond acceptors (Lipinski definition) is 3. The van der Waals surface area contributed by atoms with Crippen LogP contribution in [0.2, 0.25) is 0 Å². The summed E-state index contributed by atoms with van der Waals surface area (Å²) in [4.78, 5) is 32.3. The minimum Gasteiger partial charge on any atom is -0.333 e. The van der Waals surface area contributed by atoms with Crippen LogP contribution in [0.25, 0.3) is 0 Å². The maximum Gasteiger partial charge on any atom is 0.242 e. The van der Waals surface area contributed by atoms with Gasteiger partial charge in [0.25, 0.3) is 0 Å². The van der Waals surface area contributed by atoms with Crippen LogP contribution in [0.5, 0.6) is 0 Å². The molecule has 33 heavy (non-hydrogen) atoms. The van der Waals surface area contributed by atoms with Gasteiger partial charge in [0.15, 0.2) is 0 Å². The molecule has 1 unspecified atom stereocenters. The second kappa shape index (κ2) is 10.0. The summed E-state index contributed by atoms with van der Waals surface area (Å²) in [5.74, 6) is 1.57. The SMILES string of the molecule is Cc1ccccc1C1c2ccsc2CCN1C(=O)CN(CC1CC1)C(=O)CCC1CCCC1. The molecular formula is C28H36N2O2S. The number of carbonyl (C=O) groups is 2. The van der Waals surface area contributed by atoms with E-state index in [-0.39, 0.29) is 24.4 Å². The molecule has 2 aromatic rings. The van der Waals surface area contributed by atoms with E-state index in [2.05, 4.69) is 42.6 Å². The maximum absolute atomic E-state index is 13.7. The molecule has 5 heteroatoms. The fourth-order valence-corrected chi connectivity index (χ4v) is 6.62. The summed E-state index contributed by atoms with van der Waals surface area (Å²) in [6.07, 6.45) is 10.0. The predicted octanol–water partition coefficient (Wildman–Crippen LogP) is 5.74. The second-order valence-electron chi connectivity index (χ2n) is 10.3. The number of aryl methyl sites for hydroxylation is 1. The first kappa shape index (κ1) is 22.6. The van der Waals surface area contributed by atoms with Crippen LogP contribution in [0.3, 0.4) is 0 Å². The van der Waals surface area contributed by atoms with E-state index >= 15 is 0 Å². The van der Waals surface area contributed by atoms with Crippen LogP contribution in [0, 0.1) is 18.8 Å². The van der Waals surface area contributed by atoms with Gasteiger partial charge in [-0.05, 0) is 72.6 Å². The van der Waals surface area contributed by atoms with E-state index in [0.717, 1.165) is 25.9 Å². The van der Waals surface area contributed by atoms with Crippen LogP contribution in [-0.4, -0.2) is 41.2 Å². The summed E-state index contributed by atoms with van der Waals surface area (Å²) >= 11 is 1.79. The van der Waals surface area contributed by atoms with Crippen molar-refractivity contribution in [2.24, 2.45) is 11.8 Å². The first-order chi connectivity index (χ1) is 16.1. The van der Waals surface area contributed by atoms with E-state index < -0.39 is 0 Å². The molecule has 0 N–H and O–H groups in total. The van der Waals surface area contributed by atoms with Gasteiger partial charge in [0.05, 0.1) is 12.6 Å². The first-order valence-electron chi connectivity index (χ1n) is 12.8. The fourth-order valence-electron chi connectivity index (χ4n) is 5.72. The lowest BCUT2D eigenvalue weighted by atomic mass is 9.90. The molecule has 1 aromatic heterocycles. The average Bonchev–Trinajstić information content (AvgIpc) is 3.27. The molecule has 176 valence electrons. The summed E-state index contributed by atoms with van der Waals surface area (Å²) in [5.41, 5.74) is 3.67. The van der Waals surface area contributed by atoms with E-state index in [1.54, 1.807) is 11.3 Å². The van der Waals surface area contributed by atoms with Crippen molar-refractivity contribution in [1.82, 2.24) is 9.80 Å². The van der Waals surface area contributed by atoms with Crippen molar-refractivity contribution < 1.29 is 9.59 Å². The Balaban J connectivity index is 1.33. The topological polar surface area (TPSA) is 40.6 Å². The smallest absolute Gasteiger partial charge is 0.242 e. The Morgan fingerprint density at radius 2 is 1.82 bits per heavy atom. The molecule has 0 radical (unpaired) electrons. The highest BCUT2D eigenvalue weighted by Crippen LogP contribution is 2.39. The number of rotatable bonds is 8. The number of fused-ring (bicyclic) bond motifs is 1. The molecule has 4 nitrogen and oxygen atoms in total. The van der Waals surface area contributed by atoms with Crippen LogP contribution in [0.1, 0.15) is 79.0 Å². The number of nitrogens with zero attached hydrogens (tertiary/aromatic N) is 2. The monoisotopic (exact) mass is 464 g/mol. The molecule has 2 amide bonds. The molecular weight excluding hydrogens is 428 g/mol. The molecule has 1 aromatic carbocycles. The Hall–Kier alpha value is -2.14. The number of thiophene rings is 1. The van der Waals surface area contributed by atoms with Gasteiger partial charge in [-0.3, -0.25) is 9.59 Å². The molecule has 2 fully saturated rings. The summed E-state index contributed by atoms with van der Waals surface area (Å²) in [5, 5.41) is 2.15. The van der Waals surface area contributed by atoms with Crippen LogP contribution < -0.4 is 0 Å². The van der Waals surface area contributed by atoms with E-state index in [4.69, 9.17) is 0 Å². The van der Waals surface area contributed by atoms with Crippen molar-refractivity contribution in [2.45, 2.75) is 70.8 Å². The van der Waals surface area contributed by atoms with Gasteiger partial charge in [-0.15, -0.1) is 11.3 Å². The van der Waals surface area contributed by atoms with Crippen LogP contribution >= 0.6 is 11.3 Å². The molecule has 2 heterocycles. The molecule has 5 rings (SSSR count). The van der Waals surface area contributed by atoms with Gasteiger partial charge in [0, 0.05) is 24.4 Å². The number of carbonyl (C=O) groups excluding carboxylic acids is 2. The summed E-state index contributed by atoms with van der Waals surface area (Å²) in [6.45, 7) is 3.83. The van der Waals surface area contributed by atoms with Gasteiger partial charge in [-0.25, -0.2) is 0 Å². The van der Waals surface area contributed by atoms with Gasteiger partial charge in [-0.2, -0.15) is 0 Å². The van der Waals surface area contributed by atoms with Crippen molar-refractivity contribution in [3.05, 3.63) is 57.3 Å². The van der Waals surface area contributed by atoms with Gasteiger partial charge in [-0.1, -0.05) is 49.9 Å². The van der Waals surface area contributed by atoms with E-state index in [0.29, 0.717) is 18.3 Å². The summed E-state index contributed by atoms with van der Waals surface area (Å²) < 4.78 is 0. The van der Waals surface area contributed by atoms with Crippen LogP contribution in [0.15, 0.2) is 35.7 Å². The molecule has 0 spiro atoms. The molecule has 1 aliphatic heterocycles. The zero-order chi connectivity index (χ0) is 22.8. The number of amides is 2. The Bertz CT molecular complexity index is 989. The van der Waals surface area contributed by atoms with E-state index in [1.807, 2.05) is 9.80 Å². The summed E-state index contributed by atoms with van der Waals surface area (Å²) in [7, 11) is 0. The van der Waals surface area contributed by atoms with E-state index in [1.165, 1.54) is 60.1 Å². The quantitative estimate of drug-likeness (QED) is 0.500. The van der Waals surface area contributed by atoms with E-state index in [9.17, 15) is 9.59 Å². The normalized spacial score (nSPS) is 20.6. The van der Waals surface area contributed by atoms with Crippen molar-refractivity contribution in [3.63, 3.8) is 0 Å². The third kappa shape index (κ3) is 5.18. The first-order valence-corrected chi connectivity index (χ1v) is 13.7.